The Hall–Kier alpha value is -0.920. The van der Waals surface area contributed by atoms with Gasteiger partial charge in [-0.15, -0.1) is 0 Å². The minimum Gasteiger partial charge on any atom is -0.298 e. The van der Waals surface area contributed by atoms with E-state index in [1.165, 1.54) is 6.42 Å². The van der Waals surface area contributed by atoms with E-state index in [1.54, 1.807) is 6.08 Å². The summed E-state index contributed by atoms with van der Waals surface area (Å²) in [5, 5.41) is 0. The van der Waals surface area contributed by atoms with Crippen molar-refractivity contribution < 1.29 is 9.59 Å². The van der Waals surface area contributed by atoms with Gasteiger partial charge in [0.05, 0.1) is 0 Å². The molecular formula is C13H18O2. The number of aldehydes is 1. The first-order chi connectivity index (χ1) is 7.16. The van der Waals surface area contributed by atoms with Crippen molar-refractivity contribution in [3.8, 4) is 0 Å². The lowest BCUT2D eigenvalue weighted by Crippen LogP contribution is -2.36. The fraction of sp³-hybridized carbons (Fsp3) is 0.692. The largest absolute Gasteiger partial charge is 0.298 e. The van der Waals surface area contributed by atoms with E-state index < -0.39 is 0 Å². The molecule has 0 aromatic heterocycles. The van der Waals surface area contributed by atoms with Gasteiger partial charge >= 0.3 is 0 Å². The SMILES string of the molecule is C[C@]12CCCC[C@@H]1CCC(C=O)=CC2=O. The van der Waals surface area contributed by atoms with Crippen LogP contribution in [0.2, 0.25) is 0 Å². The number of allylic oxidation sites excluding steroid dienone is 2. The van der Waals surface area contributed by atoms with Gasteiger partial charge in [-0.2, -0.15) is 0 Å². The summed E-state index contributed by atoms with van der Waals surface area (Å²) < 4.78 is 0. The van der Waals surface area contributed by atoms with Gasteiger partial charge in [0.2, 0.25) is 0 Å². The van der Waals surface area contributed by atoms with Crippen molar-refractivity contribution in [2.24, 2.45) is 11.3 Å². The molecule has 0 radical (unpaired) electrons. The quantitative estimate of drug-likeness (QED) is 0.618. The lowest BCUT2D eigenvalue weighted by atomic mass is 9.64. The average molecular weight is 206 g/mol. The van der Waals surface area contributed by atoms with E-state index in [9.17, 15) is 9.59 Å². The first-order valence-electron chi connectivity index (χ1n) is 5.87. The van der Waals surface area contributed by atoms with Crippen LogP contribution in [-0.2, 0) is 9.59 Å². The van der Waals surface area contributed by atoms with Gasteiger partial charge in [-0.1, -0.05) is 19.8 Å². The zero-order chi connectivity index (χ0) is 10.9. The molecule has 0 N–H and O–H groups in total. The van der Waals surface area contributed by atoms with Crippen LogP contribution in [0.4, 0.5) is 0 Å². The summed E-state index contributed by atoms with van der Waals surface area (Å²) in [6.07, 6.45) is 8.79. The van der Waals surface area contributed by atoms with Crippen molar-refractivity contribution in [3.63, 3.8) is 0 Å². The average Bonchev–Trinajstić information content (AvgIpc) is 2.37. The van der Waals surface area contributed by atoms with E-state index >= 15 is 0 Å². The van der Waals surface area contributed by atoms with Crippen LogP contribution in [0.25, 0.3) is 0 Å². The minimum absolute atomic E-state index is 0.178. The van der Waals surface area contributed by atoms with Crippen molar-refractivity contribution in [2.75, 3.05) is 0 Å². The Morgan fingerprint density at radius 3 is 2.93 bits per heavy atom. The van der Waals surface area contributed by atoms with Crippen LogP contribution in [0.5, 0.6) is 0 Å². The second-order valence-corrected chi connectivity index (χ2v) is 5.10. The van der Waals surface area contributed by atoms with Crippen molar-refractivity contribution in [1.82, 2.24) is 0 Å². The molecule has 82 valence electrons. The van der Waals surface area contributed by atoms with Crippen LogP contribution in [0.3, 0.4) is 0 Å². The highest BCUT2D eigenvalue weighted by molar-refractivity contribution is 5.99. The number of carbonyl (C=O) groups is 2. The molecule has 0 aromatic carbocycles. The fourth-order valence-corrected chi connectivity index (χ4v) is 3.03. The molecule has 2 nitrogen and oxygen atoms in total. The summed E-state index contributed by atoms with van der Waals surface area (Å²) >= 11 is 0. The normalized spacial score (nSPS) is 36.5. The van der Waals surface area contributed by atoms with Gasteiger partial charge in [-0.3, -0.25) is 9.59 Å². The van der Waals surface area contributed by atoms with Crippen LogP contribution in [0.15, 0.2) is 11.6 Å². The van der Waals surface area contributed by atoms with Gasteiger partial charge in [-0.25, -0.2) is 0 Å². The van der Waals surface area contributed by atoms with Crippen molar-refractivity contribution >= 4 is 12.1 Å². The fourth-order valence-electron chi connectivity index (χ4n) is 3.03. The van der Waals surface area contributed by atoms with E-state index in [4.69, 9.17) is 0 Å². The molecule has 1 saturated carbocycles. The maximum atomic E-state index is 12.1. The predicted molar refractivity (Wildman–Crippen MR) is 58.5 cm³/mol. The zero-order valence-electron chi connectivity index (χ0n) is 9.29. The van der Waals surface area contributed by atoms with Gasteiger partial charge in [-0.05, 0) is 43.3 Å². The highest BCUT2D eigenvalue weighted by Gasteiger charge is 2.42. The van der Waals surface area contributed by atoms with Crippen LogP contribution < -0.4 is 0 Å². The standard InChI is InChI=1S/C13H18O2/c1-13-7-3-2-4-11(13)6-5-10(9-14)8-12(13)15/h8-9,11H,2-7H2,1H3/t11-,13+/m1/s1. The van der Waals surface area contributed by atoms with Crippen molar-refractivity contribution in [1.29, 1.82) is 0 Å². The van der Waals surface area contributed by atoms with E-state index in [-0.39, 0.29) is 11.2 Å². The third-order valence-electron chi connectivity index (χ3n) is 4.21. The molecule has 2 heteroatoms. The van der Waals surface area contributed by atoms with Crippen LogP contribution in [0, 0.1) is 11.3 Å². The molecule has 2 aliphatic carbocycles. The lowest BCUT2D eigenvalue weighted by molar-refractivity contribution is -0.127. The second-order valence-electron chi connectivity index (χ2n) is 5.10. The summed E-state index contributed by atoms with van der Waals surface area (Å²) in [6, 6.07) is 0. The first-order valence-corrected chi connectivity index (χ1v) is 5.87. The first kappa shape index (κ1) is 10.6. The Balaban J connectivity index is 2.30. The Morgan fingerprint density at radius 2 is 2.20 bits per heavy atom. The van der Waals surface area contributed by atoms with Gasteiger partial charge < -0.3 is 0 Å². The summed E-state index contributed by atoms with van der Waals surface area (Å²) in [7, 11) is 0. The Bertz CT molecular complexity index is 316. The van der Waals surface area contributed by atoms with Gasteiger partial charge in [0.1, 0.15) is 6.29 Å². The molecule has 0 saturated heterocycles. The molecule has 2 rings (SSSR count). The maximum absolute atomic E-state index is 12.1. The lowest BCUT2D eigenvalue weighted by Gasteiger charge is -2.38. The summed E-state index contributed by atoms with van der Waals surface area (Å²) in [5.41, 5.74) is 0.513. The number of fused-ring (bicyclic) bond motifs is 1. The second kappa shape index (κ2) is 3.92. The van der Waals surface area contributed by atoms with Gasteiger partial charge in [0, 0.05) is 5.41 Å². The molecule has 15 heavy (non-hydrogen) atoms. The molecular weight excluding hydrogens is 188 g/mol. The Kier molecular flexibility index (Phi) is 2.76. The number of rotatable bonds is 1. The van der Waals surface area contributed by atoms with Crippen LogP contribution in [-0.4, -0.2) is 12.1 Å². The van der Waals surface area contributed by atoms with E-state index in [1.807, 2.05) is 0 Å². The molecule has 0 unspecified atom stereocenters. The Morgan fingerprint density at radius 1 is 1.40 bits per heavy atom. The molecule has 0 amide bonds. The number of carbonyl (C=O) groups excluding carboxylic acids is 2. The van der Waals surface area contributed by atoms with Crippen LogP contribution in [0.1, 0.15) is 45.4 Å². The molecule has 1 fully saturated rings. The predicted octanol–water partition coefficient (Wildman–Crippen LogP) is 2.67. The number of hydrogen-bond acceptors (Lipinski definition) is 2. The van der Waals surface area contributed by atoms with Gasteiger partial charge in [0.25, 0.3) is 0 Å². The molecule has 0 spiro atoms. The van der Waals surface area contributed by atoms with E-state index in [0.717, 1.165) is 38.4 Å². The van der Waals surface area contributed by atoms with Gasteiger partial charge in [0.15, 0.2) is 5.78 Å². The van der Waals surface area contributed by atoms with E-state index in [0.29, 0.717) is 11.5 Å². The van der Waals surface area contributed by atoms with Crippen LogP contribution >= 0.6 is 0 Å². The van der Waals surface area contributed by atoms with E-state index in [2.05, 4.69) is 6.92 Å². The van der Waals surface area contributed by atoms with Crippen molar-refractivity contribution in [3.05, 3.63) is 11.6 Å². The molecule has 0 aliphatic heterocycles. The molecule has 2 aliphatic rings. The molecule has 0 aromatic rings. The highest BCUT2D eigenvalue weighted by Crippen LogP contribution is 2.46. The zero-order valence-corrected chi connectivity index (χ0v) is 9.29. The Labute approximate surface area is 90.7 Å². The molecule has 0 bridgehead atoms. The topological polar surface area (TPSA) is 34.1 Å². The maximum Gasteiger partial charge on any atom is 0.162 e. The monoisotopic (exact) mass is 206 g/mol. The summed E-state index contributed by atoms with van der Waals surface area (Å²) in [4.78, 5) is 22.9. The number of ketones is 1. The smallest absolute Gasteiger partial charge is 0.162 e. The summed E-state index contributed by atoms with van der Waals surface area (Å²) in [6.45, 7) is 2.09. The molecule has 2 atom stereocenters. The van der Waals surface area contributed by atoms with Crippen molar-refractivity contribution in [2.45, 2.75) is 45.4 Å². The summed E-state index contributed by atoms with van der Waals surface area (Å²) in [5.74, 6) is 0.680. The number of hydrogen-bond donors (Lipinski definition) is 0. The minimum atomic E-state index is -0.178. The third-order valence-corrected chi connectivity index (χ3v) is 4.21. The highest BCUT2D eigenvalue weighted by atomic mass is 16.1. The third kappa shape index (κ3) is 1.77. The molecule has 0 heterocycles.